The smallest absolute Gasteiger partial charge is 0.281 e. The van der Waals surface area contributed by atoms with E-state index in [1.807, 2.05) is 0 Å². The highest BCUT2D eigenvalue weighted by molar-refractivity contribution is 7.89. The first-order chi connectivity index (χ1) is 20.5. The maximum absolute atomic E-state index is 15.3. The number of rotatable bonds is 7. The van der Waals surface area contributed by atoms with Crippen molar-refractivity contribution < 1.29 is 21.2 Å². The second kappa shape index (κ2) is 14.0. The van der Waals surface area contributed by atoms with Crippen molar-refractivity contribution in [3.05, 3.63) is 24.0 Å². The van der Waals surface area contributed by atoms with Gasteiger partial charge in [0.25, 0.3) is 10.2 Å². The molecule has 0 radical (unpaired) electrons. The molecular weight excluding hydrogens is 590 g/mol. The lowest BCUT2D eigenvalue weighted by Gasteiger charge is -2.37. The van der Waals surface area contributed by atoms with Crippen LogP contribution < -0.4 is 4.90 Å². The molecule has 2 heterocycles. The zero-order valence-corrected chi connectivity index (χ0v) is 27.9. The number of hydrogen-bond acceptors (Lipinski definition) is 6. The minimum Gasteiger partial charge on any atom is -0.378 e. The molecule has 1 spiro atoms. The van der Waals surface area contributed by atoms with E-state index in [0.29, 0.717) is 50.7 Å². The minimum atomic E-state index is -4.13. The molecule has 2 aliphatic heterocycles. The molecule has 1 aromatic rings. The zero-order valence-electron chi connectivity index (χ0n) is 26.2. The van der Waals surface area contributed by atoms with E-state index in [0.717, 1.165) is 58.2 Å². The third-order valence-corrected chi connectivity index (χ3v) is 13.9. The highest BCUT2D eigenvalue weighted by Crippen LogP contribution is 2.48. The normalized spacial score (nSPS) is 24.8. The lowest BCUT2D eigenvalue weighted by Crippen LogP contribution is -2.50. The maximum atomic E-state index is 15.3. The van der Waals surface area contributed by atoms with E-state index in [-0.39, 0.29) is 11.4 Å². The highest BCUT2D eigenvalue weighted by atomic mass is 32.2. The third kappa shape index (κ3) is 8.10. The monoisotopic (exact) mass is 641 g/mol. The SMILES string of the molecule is CN(C)c1ccc(S(=O)(=O)N2CCCN(CC3CCCCC3)CCCN(S(=O)(=O)N3CCCCC3)CC3(CC3)C2)c(F)c1. The molecule has 244 valence electrons. The van der Waals surface area contributed by atoms with Gasteiger partial charge in [-0.3, -0.25) is 0 Å². The van der Waals surface area contributed by atoms with Crippen LogP contribution in [0.3, 0.4) is 0 Å². The summed E-state index contributed by atoms with van der Waals surface area (Å²) in [6.07, 6.45) is 12.0. The van der Waals surface area contributed by atoms with Gasteiger partial charge in [-0.25, -0.2) is 12.8 Å². The van der Waals surface area contributed by atoms with Gasteiger partial charge in [0.15, 0.2) is 0 Å². The minimum absolute atomic E-state index is 0.207. The summed E-state index contributed by atoms with van der Waals surface area (Å²) in [6.45, 7) is 4.84. The molecule has 43 heavy (non-hydrogen) atoms. The van der Waals surface area contributed by atoms with Crippen LogP contribution >= 0.6 is 0 Å². The first-order valence-electron chi connectivity index (χ1n) is 16.4. The summed E-state index contributed by atoms with van der Waals surface area (Å²) in [5.41, 5.74) is 0.150. The summed E-state index contributed by atoms with van der Waals surface area (Å²) in [5.74, 6) is -0.121. The van der Waals surface area contributed by atoms with Gasteiger partial charge in [0.2, 0.25) is 10.0 Å². The summed E-state index contributed by atoms with van der Waals surface area (Å²) < 4.78 is 76.1. The Morgan fingerprint density at radius 2 is 1.35 bits per heavy atom. The van der Waals surface area contributed by atoms with Crippen molar-refractivity contribution in [3.63, 3.8) is 0 Å². The highest BCUT2D eigenvalue weighted by Gasteiger charge is 2.49. The van der Waals surface area contributed by atoms with E-state index < -0.39 is 31.5 Å². The fourth-order valence-corrected chi connectivity index (χ4v) is 10.7. The molecule has 5 rings (SSSR count). The average molecular weight is 642 g/mol. The lowest BCUT2D eigenvalue weighted by atomic mass is 9.89. The number of anilines is 1. The van der Waals surface area contributed by atoms with Crippen molar-refractivity contribution in [1.82, 2.24) is 17.8 Å². The van der Waals surface area contributed by atoms with Crippen molar-refractivity contribution in [2.24, 2.45) is 11.3 Å². The van der Waals surface area contributed by atoms with E-state index in [2.05, 4.69) is 4.90 Å². The van der Waals surface area contributed by atoms with Gasteiger partial charge in [-0.05, 0) is 94.0 Å². The van der Waals surface area contributed by atoms with E-state index in [4.69, 9.17) is 0 Å². The second-order valence-electron chi connectivity index (χ2n) is 13.7. The molecule has 1 aromatic carbocycles. The number of benzene rings is 1. The summed E-state index contributed by atoms with van der Waals surface area (Å²) in [6, 6.07) is 4.28. The van der Waals surface area contributed by atoms with Crippen molar-refractivity contribution in [3.8, 4) is 0 Å². The molecule has 2 saturated heterocycles. The first kappa shape index (κ1) is 33.1. The molecule has 2 saturated carbocycles. The number of nitrogens with zero attached hydrogens (tertiary/aromatic N) is 5. The Labute approximate surface area is 259 Å². The van der Waals surface area contributed by atoms with Crippen molar-refractivity contribution in [2.45, 2.75) is 81.9 Å². The van der Waals surface area contributed by atoms with Gasteiger partial charge < -0.3 is 9.80 Å². The Morgan fingerprint density at radius 1 is 0.767 bits per heavy atom. The van der Waals surface area contributed by atoms with Crippen LogP contribution in [0.1, 0.15) is 77.0 Å². The van der Waals surface area contributed by atoms with Crippen LogP contribution in [0.25, 0.3) is 0 Å². The molecule has 4 fully saturated rings. The number of piperidine rings is 1. The topological polar surface area (TPSA) is 84.5 Å². The van der Waals surface area contributed by atoms with Gasteiger partial charge in [-0.2, -0.15) is 21.3 Å². The molecule has 0 amide bonds. The molecule has 9 nitrogen and oxygen atoms in total. The van der Waals surface area contributed by atoms with E-state index in [1.54, 1.807) is 33.7 Å². The molecule has 12 heteroatoms. The van der Waals surface area contributed by atoms with Crippen LogP contribution in [0.2, 0.25) is 0 Å². The molecule has 0 N–H and O–H groups in total. The van der Waals surface area contributed by atoms with Gasteiger partial charge in [0, 0.05) is 65.6 Å². The van der Waals surface area contributed by atoms with Crippen LogP contribution in [0.4, 0.5) is 10.1 Å². The predicted molar refractivity (Wildman–Crippen MR) is 169 cm³/mol. The lowest BCUT2D eigenvalue weighted by molar-refractivity contribution is 0.174. The molecular formula is C31H52FN5O4S2. The van der Waals surface area contributed by atoms with E-state index in [9.17, 15) is 16.8 Å². The third-order valence-electron chi connectivity index (χ3n) is 10.0. The van der Waals surface area contributed by atoms with Crippen LogP contribution in [-0.2, 0) is 20.2 Å². The van der Waals surface area contributed by atoms with E-state index in [1.165, 1.54) is 48.5 Å². The Morgan fingerprint density at radius 3 is 1.95 bits per heavy atom. The summed E-state index contributed by atoms with van der Waals surface area (Å²) in [5, 5.41) is 0. The Kier molecular flexibility index (Phi) is 10.8. The molecule has 4 aliphatic rings. The zero-order chi connectivity index (χ0) is 30.7. The molecule has 2 aliphatic carbocycles. The molecule has 0 unspecified atom stereocenters. The number of halogens is 1. The molecule has 0 bridgehead atoms. The standard InChI is InChI=1S/C31H52FN5O4S2/c1-33(2)28-13-14-30(29(32)23-28)42(38,39)36-21-9-17-34(24-27-11-5-3-6-12-27)18-10-22-37(26-31(25-36)15-16-31)43(40,41)35-19-7-4-8-20-35/h13-14,23,27H,3-12,15-22,24-26H2,1-2H3. The van der Waals surface area contributed by atoms with Crippen LogP contribution in [-0.4, -0.2) is 108 Å². The van der Waals surface area contributed by atoms with Gasteiger partial charge in [-0.1, -0.05) is 25.7 Å². The van der Waals surface area contributed by atoms with Gasteiger partial charge in [0.05, 0.1) is 0 Å². The summed E-state index contributed by atoms with van der Waals surface area (Å²) in [7, 11) is -4.21. The van der Waals surface area contributed by atoms with Crippen molar-refractivity contribution >= 4 is 25.9 Å². The van der Waals surface area contributed by atoms with Crippen LogP contribution in [0.15, 0.2) is 23.1 Å². The molecule has 0 atom stereocenters. The fourth-order valence-electron chi connectivity index (χ4n) is 7.20. The van der Waals surface area contributed by atoms with Crippen molar-refractivity contribution in [2.75, 3.05) is 77.9 Å². The largest absolute Gasteiger partial charge is 0.378 e. The average Bonchev–Trinajstić information content (AvgIpc) is 3.75. The number of hydrogen-bond donors (Lipinski definition) is 0. The second-order valence-corrected chi connectivity index (χ2v) is 17.5. The van der Waals surface area contributed by atoms with Crippen molar-refractivity contribution in [1.29, 1.82) is 0 Å². The van der Waals surface area contributed by atoms with Crippen LogP contribution in [0.5, 0.6) is 0 Å². The molecule has 0 aromatic heterocycles. The summed E-state index contributed by atoms with van der Waals surface area (Å²) >= 11 is 0. The fraction of sp³-hybridized carbons (Fsp3) is 0.806. The van der Waals surface area contributed by atoms with Gasteiger partial charge in [-0.15, -0.1) is 0 Å². The Balaban J connectivity index is 1.42. The van der Waals surface area contributed by atoms with Gasteiger partial charge >= 0.3 is 0 Å². The predicted octanol–water partition coefficient (Wildman–Crippen LogP) is 4.37. The summed E-state index contributed by atoms with van der Waals surface area (Å²) in [4.78, 5) is 3.86. The Hall–Kier alpha value is -1.31. The van der Waals surface area contributed by atoms with Crippen LogP contribution in [0, 0.1) is 17.2 Å². The first-order valence-corrected chi connectivity index (χ1v) is 19.3. The van der Waals surface area contributed by atoms with E-state index >= 15 is 4.39 Å². The number of sulfonamides is 1. The van der Waals surface area contributed by atoms with Gasteiger partial charge in [0.1, 0.15) is 10.7 Å². The Bertz CT molecular complexity index is 1290. The maximum Gasteiger partial charge on any atom is 0.281 e. The quantitative estimate of drug-likeness (QED) is 0.440.